The van der Waals surface area contributed by atoms with Crippen molar-refractivity contribution < 1.29 is 9.59 Å². The van der Waals surface area contributed by atoms with Gasteiger partial charge in [-0.05, 0) is 63.6 Å². The predicted molar refractivity (Wildman–Crippen MR) is 121 cm³/mol. The van der Waals surface area contributed by atoms with Crippen LogP contribution in [0.1, 0.15) is 50.5 Å². The molecule has 0 radical (unpaired) electrons. The SMILES string of the molecule is CC[C@H](C)n1c(S[C@@H](C)C(=O)Nc2ccc(C(C)=O)cc2)nc2ccccc2c1=O. The van der Waals surface area contributed by atoms with Gasteiger partial charge in [0.15, 0.2) is 10.9 Å². The summed E-state index contributed by atoms with van der Waals surface area (Å²) in [5, 5.41) is 3.49. The van der Waals surface area contributed by atoms with Gasteiger partial charge in [-0.1, -0.05) is 30.8 Å². The number of nitrogens with one attached hydrogen (secondary N) is 1. The number of carbonyl (C=O) groups excluding carboxylic acids is 2. The highest BCUT2D eigenvalue weighted by atomic mass is 32.2. The van der Waals surface area contributed by atoms with Crippen LogP contribution in [0.2, 0.25) is 0 Å². The summed E-state index contributed by atoms with van der Waals surface area (Å²) in [7, 11) is 0. The number of hydrogen-bond acceptors (Lipinski definition) is 5. The van der Waals surface area contributed by atoms with Crippen molar-refractivity contribution in [3.8, 4) is 0 Å². The van der Waals surface area contributed by atoms with Crippen molar-refractivity contribution in [1.82, 2.24) is 9.55 Å². The number of anilines is 1. The quantitative estimate of drug-likeness (QED) is 0.339. The van der Waals surface area contributed by atoms with Crippen LogP contribution < -0.4 is 10.9 Å². The molecule has 3 aromatic rings. The Morgan fingerprint density at radius 3 is 2.40 bits per heavy atom. The van der Waals surface area contributed by atoms with Crippen molar-refractivity contribution in [2.24, 2.45) is 0 Å². The van der Waals surface area contributed by atoms with Crippen LogP contribution in [0, 0.1) is 0 Å². The van der Waals surface area contributed by atoms with Gasteiger partial charge < -0.3 is 5.32 Å². The fraction of sp³-hybridized carbons (Fsp3) is 0.304. The maximum Gasteiger partial charge on any atom is 0.262 e. The number of benzene rings is 2. The zero-order valence-electron chi connectivity index (χ0n) is 17.5. The van der Waals surface area contributed by atoms with Crippen LogP contribution in [0.15, 0.2) is 58.5 Å². The molecule has 0 saturated carbocycles. The first kappa shape index (κ1) is 21.8. The normalized spacial score (nSPS) is 13.1. The third-order valence-corrected chi connectivity index (χ3v) is 6.08. The standard InChI is InChI=1S/C23H25N3O3S/c1-5-14(2)26-22(29)19-8-6-7-9-20(19)25-23(26)30-16(4)21(28)24-18-12-10-17(11-13-18)15(3)27/h6-14,16H,5H2,1-4H3,(H,24,28)/t14-,16-/m0/s1. The van der Waals surface area contributed by atoms with Gasteiger partial charge in [0.1, 0.15) is 0 Å². The maximum absolute atomic E-state index is 13.1. The lowest BCUT2D eigenvalue weighted by Gasteiger charge is -2.20. The van der Waals surface area contributed by atoms with Crippen molar-refractivity contribution in [3.63, 3.8) is 0 Å². The molecular formula is C23H25N3O3S. The molecule has 1 aromatic heterocycles. The fourth-order valence-electron chi connectivity index (χ4n) is 3.02. The van der Waals surface area contributed by atoms with Gasteiger partial charge in [0.05, 0.1) is 16.2 Å². The van der Waals surface area contributed by atoms with Gasteiger partial charge >= 0.3 is 0 Å². The molecule has 0 aliphatic carbocycles. The van der Waals surface area contributed by atoms with Crippen LogP contribution in [0.3, 0.4) is 0 Å². The van der Waals surface area contributed by atoms with E-state index in [1.54, 1.807) is 41.8 Å². The smallest absolute Gasteiger partial charge is 0.262 e. The monoisotopic (exact) mass is 423 g/mol. The molecule has 3 rings (SSSR count). The van der Waals surface area contributed by atoms with E-state index in [0.29, 0.717) is 27.3 Å². The summed E-state index contributed by atoms with van der Waals surface area (Å²) in [5.41, 5.74) is 1.73. The second kappa shape index (κ2) is 9.26. The third-order valence-electron chi connectivity index (χ3n) is 5.02. The van der Waals surface area contributed by atoms with Crippen LogP contribution in [0.25, 0.3) is 10.9 Å². The number of ketones is 1. The molecule has 0 saturated heterocycles. The number of carbonyl (C=O) groups is 2. The minimum atomic E-state index is -0.471. The number of rotatable bonds is 7. The summed E-state index contributed by atoms with van der Waals surface area (Å²) in [6.45, 7) is 7.27. The van der Waals surface area contributed by atoms with Crippen LogP contribution in [0.4, 0.5) is 5.69 Å². The lowest BCUT2D eigenvalue weighted by atomic mass is 10.1. The van der Waals surface area contributed by atoms with E-state index in [9.17, 15) is 14.4 Å². The highest BCUT2D eigenvalue weighted by Gasteiger charge is 2.21. The van der Waals surface area contributed by atoms with Crippen molar-refractivity contribution in [2.75, 3.05) is 5.32 Å². The van der Waals surface area contributed by atoms with E-state index in [1.165, 1.54) is 18.7 Å². The number of aromatic nitrogens is 2. The summed E-state index contributed by atoms with van der Waals surface area (Å²) in [6.07, 6.45) is 0.774. The zero-order valence-corrected chi connectivity index (χ0v) is 18.3. The molecule has 2 aromatic carbocycles. The molecular weight excluding hydrogens is 398 g/mol. The Labute approximate surface area is 179 Å². The second-order valence-corrected chi connectivity index (χ2v) is 8.53. The molecule has 30 heavy (non-hydrogen) atoms. The van der Waals surface area contributed by atoms with Crippen LogP contribution in [-0.2, 0) is 4.79 Å². The van der Waals surface area contributed by atoms with E-state index in [1.807, 2.05) is 32.0 Å². The van der Waals surface area contributed by atoms with Gasteiger partial charge in [0.2, 0.25) is 5.91 Å². The Hall–Kier alpha value is -2.93. The summed E-state index contributed by atoms with van der Waals surface area (Å²) < 4.78 is 1.68. The van der Waals surface area contributed by atoms with Crippen molar-refractivity contribution in [1.29, 1.82) is 0 Å². The largest absolute Gasteiger partial charge is 0.325 e. The molecule has 0 fully saturated rings. The topological polar surface area (TPSA) is 81.1 Å². The number of para-hydroxylation sites is 1. The summed E-state index contributed by atoms with van der Waals surface area (Å²) in [6, 6.07) is 14.0. The van der Waals surface area contributed by atoms with E-state index in [-0.39, 0.29) is 23.3 Å². The van der Waals surface area contributed by atoms with E-state index in [0.717, 1.165) is 6.42 Å². The Kier molecular flexibility index (Phi) is 6.72. The first-order valence-electron chi connectivity index (χ1n) is 9.91. The molecule has 1 N–H and O–H groups in total. The summed E-state index contributed by atoms with van der Waals surface area (Å²) in [5.74, 6) is -0.226. The second-order valence-electron chi connectivity index (χ2n) is 7.23. The number of amides is 1. The molecule has 1 amide bonds. The van der Waals surface area contributed by atoms with Gasteiger partial charge in [-0.2, -0.15) is 0 Å². The minimum Gasteiger partial charge on any atom is -0.325 e. The molecule has 0 bridgehead atoms. The Morgan fingerprint density at radius 1 is 1.10 bits per heavy atom. The minimum absolute atomic E-state index is 0.0257. The van der Waals surface area contributed by atoms with Crippen molar-refractivity contribution in [3.05, 3.63) is 64.4 Å². The molecule has 2 atom stereocenters. The van der Waals surface area contributed by atoms with E-state index in [4.69, 9.17) is 0 Å². The van der Waals surface area contributed by atoms with E-state index >= 15 is 0 Å². The average Bonchev–Trinajstić information content (AvgIpc) is 2.73. The van der Waals surface area contributed by atoms with Crippen LogP contribution in [0.5, 0.6) is 0 Å². The fourth-order valence-corrected chi connectivity index (χ4v) is 4.03. The number of thioether (sulfide) groups is 1. The lowest BCUT2D eigenvalue weighted by Crippen LogP contribution is -2.28. The first-order valence-corrected chi connectivity index (χ1v) is 10.8. The van der Waals surface area contributed by atoms with Gasteiger partial charge in [-0.15, -0.1) is 0 Å². The molecule has 7 heteroatoms. The van der Waals surface area contributed by atoms with E-state index in [2.05, 4.69) is 10.3 Å². The molecule has 0 aliphatic heterocycles. The van der Waals surface area contributed by atoms with Crippen LogP contribution in [-0.4, -0.2) is 26.5 Å². The molecule has 156 valence electrons. The van der Waals surface area contributed by atoms with E-state index < -0.39 is 5.25 Å². The number of fused-ring (bicyclic) bond motifs is 1. The molecule has 0 aliphatic rings. The average molecular weight is 424 g/mol. The Balaban J connectivity index is 1.86. The number of hydrogen-bond donors (Lipinski definition) is 1. The predicted octanol–water partition coefficient (Wildman–Crippen LogP) is 4.69. The highest BCUT2D eigenvalue weighted by Crippen LogP contribution is 2.26. The molecule has 6 nitrogen and oxygen atoms in total. The number of Topliss-reactive ketones (excluding diaryl/α,β-unsaturated/α-hetero) is 1. The van der Waals surface area contributed by atoms with Crippen molar-refractivity contribution in [2.45, 2.75) is 50.6 Å². The zero-order chi connectivity index (χ0) is 21.8. The Morgan fingerprint density at radius 2 is 1.77 bits per heavy atom. The van der Waals surface area contributed by atoms with Gasteiger partial charge in [-0.25, -0.2) is 4.98 Å². The van der Waals surface area contributed by atoms with Gasteiger partial charge in [0.25, 0.3) is 5.56 Å². The Bertz CT molecular complexity index is 1140. The summed E-state index contributed by atoms with van der Waals surface area (Å²) >= 11 is 1.26. The van der Waals surface area contributed by atoms with Crippen LogP contribution >= 0.6 is 11.8 Å². The molecule has 0 spiro atoms. The summed E-state index contributed by atoms with van der Waals surface area (Å²) in [4.78, 5) is 41.9. The first-order chi connectivity index (χ1) is 14.3. The highest BCUT2D eigenvalue weighted by molar-refractivity contribution is 8.00. The van der Waals surface area contributed by atoms with Crippen molar-refractivity contribution >= 4 is 40.0 Å². The van der Waals surface area contributed by atoms with Gasteiger partial charge in [0, 0.05) is 17.3 Å². The molecule has 1 heterocycles. The van der Waals surface area contributed by atoms with Gasteiger partial charge in [-0.3, -0.25) is 19.0 Å². The molecule has 0 unspecified atom stereocenters. The lowest BCUT2D eigenvalue weighted by molar-refractivity contribution is -0.115. The maximum atomic E-state index is 13.1. The third kappa shape index (κ3) is 4.62. The number of nitrogens with zero attached hydrogens (tertiary/aromatic N) is 2.